The third-order valence-corrected chi connectivity index (χ3v) is 5.08. The summed E-state index contributed by atoms with van der Waals surface area (Å²) in [5.74, 6) is 0. The Morgan fingerprint density at radius 1 is 1.08 bits per heavy atom. The fraction of sp³-hybridized carbons (Fsp3) is 0.318. The van der Waals surface area contributed by atoms with Crippen LogP contribution in [-0.2, 0) is 6.54 Å². The fourth-order valence-electron chi connectivity index (χ4n) is 3.54. The molecule has 0 N–H and O–H groups in total. The summed E-state index contributed by atoms with van der Waals surface area (Å²) in [5, 5.41) is 9.30. The van der Waals surface area contributed by atoms with Gasteiger partial charge in [-0.2, -0.15) is 5.26 Å². The summed E-state index contributed by atoms with van der Waals surface area (Å²) >= 11 is 0. The van der Waals surface area contributed by atoms with Crippen LogP contribution < -0.4 is 4.90 Å². The average Bonchev–Trinajstić information content (AvgIpc) is 2.64. The molecule has 0 atom stereocenters. The van der Waals surface area contributed by atoms with Crippen LogP contribution in [0.4, 0.5) is 5.69 Å². The number of rotatable bonds is 4. The quantitative estimate of drug-likeness (QED) is 0.843. The van der Waals surface area contributed by atoms with Crippen molar-refractivity contribution < 1.29 is 0 Å². The van der Waals surface area contributed by atoms with Crippen molar-refractivity contribution in [3.63, 3.8) is 0 Å². The SMILES string of the molecule is C=Cc1cc(CN2CCN(c3ccccc3C#N)CC2)c(C)cc1C. The lowest BCUT2D eigenvalue weighted by Gasteiger charge is -2.36. The monoisotopic (exact) mass is 331 g/mol. The highest BCUT2D eigenvalue weighted by Gasteiger charge is 2.19. The molecule has 1 aliphatic rings. The molecule has 3 rings (SSSR count). The maximum atomic E-state index is 9.30. The van der Waals surface area contributed by atoms with E-state index in [1.807, 2.05) is 24.3 Å². The number of aryl methyl sites for hydroxylation is 2. The van der Waals surface area contributed by atoms with E-state index in [1.165, 1.54) is 22.3 Å². The molecule has 3 heteroatoms. The molecular formula is C22H25N3. The molecule has 3 nitrogen and oxygen atoms in total. The maximum absolute atomic E-state index is 9.30. The van der Waals surface area contributed by atoms with E-state index in [-0.39, 0.29) is 0 Å². The van der Waals surface area contributed by atoms with Gasteiger partial charge in [0.1, 0.15) is 6.07 Å². The molecule has 1 aliphatic heterocycles. The number of para-hydroxylation sites is 1. The van der Waals surface area contributed by atoms with E-state index < -0.39 is 0 Å². The van der Waals surface area contributed by atoms with Crippen LogP contribution in [0.1, 0.15) is 27.8 Å². The third-order valence-electron chi connectivity index (χ3n) is 5.08. The van der Waals surface area contributed by atoms with Crippen LogP contribution in [-0.4, -0.2) is 31.1 Å². The predicted molar refractivity (Wildman–Crippen MR) is 105 cm³/mol. The molecule has 2 aromatic carbocycles. The van der Waals surface area contributed by atoms with E-state index in [0.29, 0.717) is 0 Å². The van der Waals surface area contributed by atoms with Gasteiger partial charge in [-0.25, -0.2) is 0 Å². The molecule has 0 amide bonds. The Bertz CT molecular complexity index is 809. The van der Waals surface area contributed by atoms with Crippen LogP contribution in [0.15, 0.2) is 43.0 Å². The van der Waals surface area contributed by atoms with Crippen LogP contribution >= 0.6 is 0 Å². The third kappa shape index (κ3) is 3.75. The molecule has 1 fully saturated rings. The van der Waals surface area contributed by atoms with E-state index in [2.05, 4.69) is 54.5 Å². The molecule has 1 heterocycles. The second-order valence-corrected chi connectivity index (χ2v) is 6.73. The number of piperazine rings is 1. The lowest BCUT2D eigenvalue weighted by Crippen LogP contribution is -2.46. The van der Waals surface area contributed by atoms with Gasteiger partial charge in [0.15, 0.2) is 0 Å². The van der Waals surface area contributed by atoms with Crippen molar-refractivity contribution in [2.45, 2.75) is 20.4 Å². The molecule has 2 aromatic rings. The number of benzene rings is 2. The van der Waals surface area contributed by atoms with Crippen molar-refractivity contribution in [3.8, 4) is 6.07 Å². The molecule has 0 saturated carbocycles. The Hall–Kier alpha value is -2.57. The van der Waals surface area contributed by atoms with E-state index in [9.17, 15) is 5.26 Å². The van der Waals surface area contributed by atoms with Gasteiger partial charge in [0.2, 0.25) is 0 Å². The molecule has 128 valence electrons. The van der Waals surface area contributed by atoms with Crippen LogP contribution in [0.5, 0.6) is 0 Å². The van der Waals surface area contributed by atoms with Crippen LogP contribution in [0.3, 0.4) is 0 Å². The smallest absolute Gasteiger partial charge is 0.101 e. The Kier molecular flexibility index (Phi) is 5.21. The molecule has 1 saturated heterocycles. The second-order valence-electron chi connectivity index (χ2n) is 6.73. The lowest BCUT2D eigenvalue weighted by molar-refractivity contribution is 0.249. The molecule has 0 aromatic heterocycles. The Morgan fingerprint density at radius 2 is 1.80 bits per heavy atom. The van der Waals surface area contributed by atoms with Gasteiger partial charge >= 0.3 is 0 Å². The van der Waals surface area contributed by atoms with Gasteiger partial charge in [0.05, 0.1) is 11.3 Å². The molecule has 25 heavy (non-hydrogen) atoms. The first kappa shape index (κ1) is 17.3. The first-order valence-electron chi connectivity index (χ1n) is 8.81. The molecule has 0 bridgehead atoms. The van der Waals surface area contributed by atoms with Gasteiger partial charge in [0, 0.05) is 32.7 Å². The van der Waals surface area contributed by atoms with Gasteiger partial charge in [-0.3, -0.25) is 4.90 Å². The summed E-state index contributed by atoms with van der Waals surface area (Å²) < 4.78 is 0. The minimum atomic E-state index is 0.765. The molecule has 0 unspecified atom stereocenters. The van der Waals surface area contributed by atoms with Crippen molar-refractivity contribution in [3.05, 3.63) is 70.8 Å². The molecular weight excluding hydrogens is 306 g/mol. The zero-order chi connectivity index (χ0) is 17.8. The largest absolute Gasteiger partial charge is 0.368 e. The van der Waals surface area contributed by atoms with Crippen molar-refractivity contribution in [1.82, 2.24) is 4.90 Å². The normalized spacial score (nSPS) is 15.0. The first-order valence-corrected chi connectivity index (χ1v) is 8.81. The number of nitriles is 1. The number of hydrogen-bond donors (Lipinski definition) is 0. The Morgan fingerprint density at radius 3 is 2.48 bits per heavy atom. The summed E-state index contributed by atoms with van der Waals surface area (Å²) in [6.45, 7) is 13.2. The zero-order valence-electron chi connectivity index (χ0n) is 15.1. The van der Waals surface area contributed by atoms with E-state index in [0.717, 1.165) is 44.0 Å². The number of hydrogen-bond acceptors (Lipinski definition) is 3. The van der Waals surface area contributed by atoms with Crippen molar-refractivity contribution >= 4 is 11.8 Å². The standard InChI is InChI=1S/C22H25N3/c1-4-19-14-21(18(3)13-17(19)2)16-24-9-11-25(12-10-24)22-8-6-5-7-20(22)15-23/h4-8,13-14H,1,9-12,16H2,2-3H3. The highest BCUT2D eigenvalue weighted by molar-refractivity contribution is 5.59. The average molecular weight is 331 g/mol. The minimum absolute atomic E-state index is 0.765. The van der Waals surface area contributed by atoms with Gasteiger partial charge in [-0.1, -0.05) is 30.9 Å². The van der Waals surface area contributed by atoms with Gasteiger partial charge in [-0.05, 0) is 54.3 Å². The molecule has 0 aliphatic carbocycles. The Balaban J connectivity index is 1.67. The van der Waals surface area contributed by atoms with Gasteiger partial charge in [0.25, 0.3) is 0 Å². The summed E-state index contributed by atoms with van der Waals surface area (Å²) in [6, 6.07) is 14.7. The van der Waals surface area contributed by atoms with Crippen LogP contribution in [0.25, 0.3) is 6.08 Å². The van der Waals surface area contributed by atoms with Gasteiger partial charge in [-0.15, -0.1) is 0 Å². The van der Waals surface area contributed by atoms with Crippen molar-refractivity contribution in [2.24, 2.45) is 0 Å². The summed E-state index contributed by atoms with van der Waals surface area (Å²) in [4.78, 5) is 4.82. The predicted octanol–water partition coefficient (Wildman–Crippen LogP) is 4.14. The summed E-state index contributed by atoms with van der Waals surface area (Å²) in [6.07, 6.45) is 1.94. The minimum Gasteiger partial charge on any atom is -0.368 e. The summed E-state index contributed by atoms with van der Waals surface area (Å²) in [7, 11) is 0. The van der Waals surface area contributed by atoms with E-state index in [1.54, 1.807) is 0 Å². The van der Waals surface area contributed by atoms with Crippen LogP contribution in [0.2, 0.25) is 0 Å². The number of nitrogens with zero attached hydrogens (tertiary/aromatic N) is 3. The maximum Gasteiger partial charge on any atom is 0.101 e. The fourth-order valence-corrected chi connectivity index (χ4v) is 3.54. The lowest BCUT2D eigenvalue weighted by atomic mass is 9.99. The van der Waals surface area contributed by atoms with Gasteiger partial charge < -0.3 is 4.90 Å². The highest BCUT2D eigenvalue weighted by atomic mass is 15.3. The second kappa shape index (κ2) is 7.55. The highest BCUT2D eigenvalue weighted by Crippen LogP contribution is 2.23. The molecule has 0 radical (unpaired) electrons. The van der Waals surface area contributed by atoms with Crippen LogP contribution in [0, 0.1) is 25.2 Å². The van der Waals surface area contributed by atoms with Crippen molar-refractivity contribution in [1.29, 1.82) is 5.26 Å². The van der Waals surface area contributed by atoms with E-state index in [4.69, 9.17) is 0 Å². The van der Waals surface area contributed by atoms with Crippen molar-refractivity contribution in [2.75, 3.05) is 31.1 Å². The zero-order valence-corrected chi connectivity index (χ0v) is 15.1. The molecule has 0 spiro atoms. The summed E-state index contributed by atoms with van der Waals surface area (Å²) in [5.41, 5.74) is 7.06. The first-order chi connectivity index (χ1) is 12.1. The van der Waals surface area contributed by atoms with E-state index >= 15 is 0 Å². The topological polar surface area (TPSA) is 30.3 Å². The number of anilines is 1. The Labute approximate surface area is 150 Å².